The van der Waals surface area contributed by atoms with Crippen LogP contribution in [0.25, 0.3) is 0 Å². The van der Waals surface area contributed by atoms with Crippen molar-refractivity contribution in [3.63, 3.8) is 0 Å². The molecule has 1 heterocycles. The van der Waals surface area contributed by atoms with Gasteiger partial charge in [-0.2, -0.15) is 5.26 Å². The van der Waals surface area contributed by atoms with E-state index in [1.54, 1.807) is 4.90 Å². The number of hydrogen-bond donors (Lipinski definition) is 1. The summed E-state index contributed by atoms with van der Waals surface area (Å²) in [5, 5.41) is 12.1. The third-order valence-electron chi connectivity index (χ3n) is 3.18. The number of nitrogens with one attached hydrogen (secondary N) is 1. The SMILES string of the molecule is CCC(C)C(=O)N1C[C@@H](NC)CC1C#N. The van der Waals surface area contributed by atoms with E-state index in [0.29, 0.717) is 6.54 Å². The predicted octanol–water partition coefficient (Wildman–Crippen LogP) is 0.745. The lowest BCUT2D eigenvalue weighted by Crippen LogP contribution is -2.39. The van der Waals surface area contributed by atoms with Crippen molar-refractivity contribution in [2.75, 3.05) is 13.6 Å². The van der Waals surface area contributed by atoms with Gasteiger partial charge < -0.3 is 10.2 Å². The Hall–Kier alpha value is -1.08. The molecule has 1 amide bonds. The summed E-state index contributed by atoms with van der Waals surface area (Å²) in [5.41, 5.74) is 0. The molecule has 1 aliphatic heterocycles. The molecule has 0 radical (unpaired) electrons. The normalized spacial score (nSPS) is 27.5. The molecule has 0 aromatic heterocycles. The summed E-state index contributed by atoms with van der Waals surface area (Å²) in [4.78, 5) is 13.7. The Labute approximate surface area is 91.2 Å². The summed E-state index contributed by atoms with van der Waals surface area (Å²) in [5.74, 6) is 0.137. The van der Waals surface area contributed by atoms with E-state index in [1.165, 1.54) is 0 Å². The fourth-order valence-corrected chi connectivity index (χ4v) is 1.87. The van der Waals surface area contributed by atoms with Crippen LogP contribution in [0.1, 0.15) is 26.7 Å². The first-order chi connectivity index (χ1) is 7.13. The first-order valence-corrected chi connectivity index (χ1v) is 5.51. The Morgan fingerprint density at radius 2 is 2.40 bits per heavy atom. The minimum absolute atomic E-state index is 0.0245. The van der Waals surface area contributed by atoms with E-state index in [4.69, 9.17) is 5.26 Å². The number of nitriles is 1. The number of carbonyl (C=O) groups is 1. The lowest BCUT2D eigenvalue weighted by Gasteiger charge is -2.22. The molecule has 4 nitrogen and oxygen atoms in total. The number of hydrogen-bond acceptors (Lipinski definition) is 3. The molecule has 1 saturated heterocycles. The first-order valence-electron chi connectivity index (χ1n) is 5.51. The predicted molar refractivity (Wildman–Crippen MR) is 58.0 cm³/mol. The summed E-state index contributed by atoms with van der Waals surface area (Å²) in [6.07, 6.45) is 1.58. The van der Waals surface area contributed by atoms with Gasteiger partial charge in [0.1, 0.15) is 6.04 Å². The minimum atomic E-state index is -0.246. The average Bonchev–Trinajstić information content (AvgIpc) is 2.69. The molecule has 15 heavy (non-hydrogen) atoms. The fraction of sp³-hybridized carbons (Fsp3) is 0.818. The second kappa shape index (κ2) is 5.13. The lowest BCUT2D eigenvalue weighted by atomic mass is 10.1. The van der Waals surface area contributed by atoms with Crippen molar-refractivity contribution < 1.29 is 4.79 Å². The summed E-state index contributed by atoms with van der Waals surface area (Å²) in [6.45, 7) is 4.58. The molecule has 1 N–H and O–H groups in total. The van der Waals surface area contributed by atoms with E-state index in [9.17, 15) is 4.79 Å². The number of likely N-dealkylation sites (tertiary alicyclic amines) is 1. The molecule has 1 aliphatic rings. The number of rotatable bonds is 3. The molecular weight excluding hydrogens is 190 g/mol. The van der Waals surface area contributed by atoms with Crippen LogP contribution in [0.15, 0.2) is 0 Å². The number of amides is 1. The van der Waals surface area contributed by atoms with Gasteiger partial charge in [-0.3, -0.25) is 4.79 Å². The van der Waals surface area contributed by atoms with E-state index >= 15 is 0 Å². The van der Waals surface area contributed by atoms with Gasteiger partial charge in [-0.05, 0) is 19.9 Å². The van der Waals surface area contributed by atoms with Crippen LogP contribution in [0.4, 0.5) is 0 Å². The molecule has 1 fully saturated rings. The Morgan fingerprint density at radius 1 is 1.73 bits per heavy atom. The Kier molecular flexibility index (Phi) is 4.10. The highest BCUT2D eigenvalue weighted by atomic mass is 16.2. The Balaban J connectivity index is 2.69. The van der Waals surface area contributed by atoms with Gasteiger partial charge in [0, 0.05) is 18.5 Å². The van der Waals surface area contributed by atoms with Gasteiger partial charge in [0.15, 0.2) is 0 Å². The van der Waals surface area contributed by atoms with Crippen molar-refractivity contribution in [2.24, 2.45) is 5.92 Å². The van der Waals surface area contributed by atoms with Crippen molar-refractivity contribution >= 4 is 5.91 Å². The summed E-state index contributed by atoms with van der Waals surface area (Å²) < 4.78 is 0. The van der Waals surface area contributed by atoms with Crippen molar-refractivity contribution in [1.29, 1.82) is 5.26 Å². The second-order valence-corrected chi connectivity index (χ2v) is 4.17. The average molecular weight is 209 g/mol. The van der Waals surface area contributed by atoms with E-state index in [2.05, 4.69) is 11.4 Å². The monoisotopic (exact) mass is 209 g/mol. The molecule has 0 aliphatic carbocycles. The van der Waals surface area contributed by atoms with Crippen LogP contribution < -0.4 is 5.32 Å². The molecule has 84 valence electrons. The molecule has 0 aromatic carbocycles. The Bertz CT molecular complexity index is 271. The zero-order valence-corrected chi connectivity index (χ0v) is 9.66. The maximum absolute atomic E-state index is 12.0. The van der Waals surface area contributed by atoms with Gasteiger partial charge in [-0.15, -0.1) is 0 Å². The van der Waals surface area contributed by atoms with Gasteiger partial charge >= 0.3 is 0 Å². The highest BCUT2D eigenvalue weighted by Gasteiger charge is 2.35. The van der Waals surface area contributed by atoms with Crippen molar-refractivity contribution in [3.05, 3.63) is 0 Å². The highest BCUT2D eigenvalue weighted by Crippen LogP contribution is 2.20. The smallest absolute Gasteiger partial charge is 0.226 e. The molecule has 3 atom stereocenters. The largest absolute Gasteiger partial charge is 0.325 e. The molecule has 1 rings (SSSR count). The number of likely N-dealkylation sites (N-methyl/N-ethyl adjacent to an activating group) is 1. The van der Waals surface area contributed by atoms with Gasteiger partial charge in [0.05, 0.1) is 6.07 Å². The molecule has 0 saturated carbocycles. The van der Waals surface area contributed by atoms with Gasteiger partial charge in [-0.25, -0.2) is 0 Å². The first kappa shape index (κ1) is 12.0. The Morgan fingerprint density at radius 3 is 2.87 bits per heavy atom. The van der Waals surface area contributed by atoms with Crippen LogP contribution in [-0.2, 0) is 4.79 Å². The lowest BCUT2D eigenvalue weighted by molar-refractivity contribution is -0.135. The van der Waals surface area contributed by atoms with Crippen LogP contribution in [-0.4, -0.2) is 36.5 Å². The van der Waals surface area contributed by atoms with E-state index in [0.717, 1.165) is 12.8 Å². The third-order valence-corrected chi connectivity index (χ3v) is 3.18. The summed E-state index contributed by atoms with van der Waals surface area (Å²) in [6, 6.07) is 2.22. The molecule has 0 bridgehead atoms. The molecule has 2 unspecified atom stereocenters. The fourth-order valence-electron chi connectivity index (χ4n) is 1.87. The number of carbonyl (C=O) groups excluding carboxylic acids is 1. The van der Waals surface area contributed by atoms with Crippen molar-refractivity contribution in [2.45, 2.75) is 38.8 Å². The topological polar surface area (TPSA) is 56.1 Å². The van der Waals surface area contributed by atoms with E-state index in [-0.39, 0.29) is 23.9 Å². The molecular formula is C11H19N3O. The molecule has 4 heteroatoms. The summed E-state index contributed by atoms with van der Waals surface area (Å²) >= 11 is 0. The van der Waals surface area contributed by atoms with Crippen molar-refractivity contribution in [1.82, 2.24) is 10.2 Å². The second-order valence-electron chi connectivity index (χ2n) is 4.17. The van der Waals surface area contributed by atoms with Crippen LogP contribution in [0.3, 0.4) is 0 Å². The van der Waals surface area contributed by atoms with E-state index < -0.39 is 0 Å². The molecule has 0 aromatic rings. The van der Waals surface area contributed by atoms with Crippen LogP contribution in [0, 0.1) is 17.2 Å². The number of nitrogens with zero attached hydrogens (tertiary/aromatic N) is 2. The highest BCUT2D eigenvalue weighted by molar-refractivity contribution is 5.79. The van der Waals surface area contributed by atoms with Crippen LogP contribution in [0.5, 0.6) is 0 Å². The zero-order chi connectivity index (χ0) is 11.4. The van der Waals surface area contributed by atoms with Crippen LogP contribution in [0.2, 0.25) is 0 Å². The molecule has 0 spiro atoms. The zero-order valence-electron chi connectivity index (χ0n) is 9.66. The van der Waals surface area contributed by atoms with E-state index in [1.807, 2.05) is 20.9 Å². The van der Waals surface area contributed by atoms with Crippen molar-refractivity contribution in [3.8, 4) is 6.07 Å². The quantitative estimate of drug-likeness (QED) is 0.746. The van der Waals surface area contributed by atoms with Crippen LogP contribution >= 0.6 is 0 Å². The van der Waals surface area contributed by atoms with Gasteiger partial charge in [0.2, 0.25) is 5.91 Å². The summed E-state index contributed by atoms with van der Waals surface area (Å²) in [7, 11) is 1.87. The minimum Gasteiger partial charge on any atom is -0.325 e. The standard InChI is InChI=1S/C11H19N3O/c1-4-8(2)11(15)14-7-9(13-3)5-10(14)6-12/h8-10,13H,4-5,7H2,1-3H3/t8?,9-,10?/m0/s1. The maximum atomic E-state index is 12.0. The maximum Gasteiger partial charge on any atom is 0.226 e. The van der Waals surface area contributed by atoms with Gasteiger partial charge in [0.25, 0.3) is 0 Å². The van der Waals surface area contributed by atoms with Gasteiger partial charge in [-0.1, -0.05) is 13.8 Å². The third kappa shape index (κ3) is 2.48.